The fraction of sp³-hybridized carbons (Fsp3) is 0.250. The summed E-state index contributed by atoms with van der Waals surface area (Å²) < 4.78 is 5.17. The van der Waals surface area contributed by atoms with Crippen molar-refractivity contribution in [2.75, 3.05) is 12.8 Å². The lowest BCUT2D eigenvalue weighted by molar-refractivity contribution is 0.185. The Balaban J connectivity index is 2.50. The molecule has 16 heavy (non-hydrogen) atoms. The quantitative estimate of drug-likeness (QED) is 0.888. The summed E-state index contributed by atoms with van der Waals surface area (Å²) in [5.41, 5.74) is 9.00. The molecule has 0 atom stereocenters. The maximum atomic E-state index is 5.95. The van der Waals surface area contributed by atoms with Gasteiger partial charge in [-0.3, -0.25) is 0 Å². The Labute approximate surface area is 98.9 Å². The number of thiazole rings is 1. The molecular weight excluding hydrogens is 220 g/mol. The zero-order valence-corrected chi connectivity index (χ0v) is 10.2. The average molecular weight is 234 g/mol. The highest BCUT2D eigenvalue weighted by Gasteiger charge is 2.11. The second-order valence-electron chi connectivity index (χ2n) is 3.54. The van der Waals surface area contributed by atoms with Crippen molar-refractivity contribution in [2.45, 2.75) is 13.5 Å². The van der Waals surface area contributed by atoms with Crippen LogP contribution in [0.1, 0.15) is 10.6 Å². The first kappa shape index (κ1) is 11.1. The Bertz CT molecular complexity index is 494. The van der Waals surface area contributed by atoms with Crippen LogP contribution in [0.3, 0.4) is 0 Å². The molecule has 0 aliphatic carbocycles. The van der Waals surface area contributed by atoms with Gasteiger partial charge < -0.3 is 10.5 Å². The van der Waals surface area contributed by atoms with Crippen LogP contribution in [0.25, 0.3) is 11.3 Å². The zero-order valence-electron chi connectivity index (χ0n) is 9.36. The van der Waals surface area contributed by atoms with E-state index in [1.54, 1.807) is 7.11 Å². The van der Waals surface area contributed by atoms with Gasteiger partial charge in [0.1, 0.15) is 10.7 Å². The summed E-state index contributed by atoms with van der Waals surface area (Å²) in [4.78, 5) is 4.46. The number of nitrogens with zero attached hydrogens (tertiary/aromatic N) is 1. The largest absolute Gasteiger partial charge is 0.389 e. The van der Waals surface area contributed by atoms with Gasteiger partial charge in [0.15, 0.2) is 0 Å². The number of hydrogen-bond acceptors (Lipinski definition) is 4. The summed E-state index contributed by atoms with van der Waals surface area (Å²) >= 11 is 1.52. The van der Waals surface area contributed by atoms with Crippen LogP contribution in [-0.4, -0.2) is 12.1 Å². The number of aromatic nitrogens is 1. The third-order valence-electron chi connectivity index (χ3n) is 2.33. The molecule has 0 fully saturated rings. The molecule has 0 saturated carbocycles. The van der Waals surface area contributed by atoms with Gasteiger partial charge in [-0.25, -0.2) is 4.98 Å². The molecule has 2 aromatic rings. The molecule has 84 valence electrons. The SMILES string of the molecule is COCc1ccccc1-c1nc(C)sc1N. The number of benzene rings is 1. The normalized spacial score (nSPS) is 10.6. The first-order valence-electron chi connectivity index (χ1n) is 5.02. The third-order valence-corrected chi connectivity index (χ3v) is 3.13. The van der Waals surface area contributed by atoms with Gasteiger partial charge in [0, 0.05) is 12.7 Å². The molecule has 0 aliphatic rings. The number of rotatable bonds is 3. The predicted molar refractivity (Wildman–Crippen MR) is 67.4 cm³/mol. The number of methoxy groups -OCH3 is 1. The van der Waals surface area contributed by atoms with Crippen LogP contribution in [0.5, 0.6) is 0 Å². The molecule has 2 N–H and O–H groups in total. The minimum absolute atomic E-state index is 0.576. The molecule has 2 rings (SSSR count). The first-order valence-corrected chi connectivity index (χ1v) is 5.84. The van der Waals surface area contributed by atoms with Gasteiger partial charge in [0.05, 0.1) is 11.6 Å². The highest BCUT2D eigenvalue weighted by Crippen LogP contribution is 2.32. The van der Waals surface area contributed by atoms with E-state index in [2.05, 4.69) is 4.98 Å². The fourth-order valence-corrected chi connectivity index (χ4v) is 2.38. The Morgan fingerprint density at radius 2 is 2.12 bits per heavy atom. The van der Waals surface area contributed by atoms with Gasteiger partial charge in [-0.15, -0.1) is 11.3 Å². The van der Waals surface area contributed by atoms with Crippen molar-refractivity contribution in [1.82, 2.24) is 4.98 Å². The lowest BCUT2D eigenvalue weighted by Gasteiger charge is -2.06. The summed E-state index contributed by atoms with van der Waals surface area (Å²) in [5, 5.41) is 1.75. The second-order valence-corrected chi connectivity index (χ2v) is 4.77. The van der Waals surface area contributed by atoms with Gasteiger partial charge in [-0.05, 0) is 12.5 Å². The van der Waals surface area contributed by atoms with E-state index in [1.165, 1.54) is 11.3 Å². The van der Waals surface area contributed by atoms with Crippen molar-refractivity contribution in [1.29, 1.82) is 0 Å². The van der Waals surface area contributed by atoms with Crippen LogP contribution < -0.4 is 5.73 Å². The molecule has 0 unspecified atom stereocenters. The maximum Gasteiger partial charge on any atom is 0.114 e. The van der Waals surface area contributed by atoms with E-state index in [0.717, 1.165) is 26.8 Å². The van der Waals surface area contributed by atoms with Crippen LogP contribution in [0.15, 0.2) is 24.3 Å². The predicted octanol–water partition coefficient (Wildman–Crippen LogP) is 2.85. The monoisotopic (exact) mass is 234 g/mol. The van der Waals surface area contributed by atoms with E-state index in [0.29, 0.717) is 6.61 Å². The first-order chi connectivity index (χ1) is 7.72. The van der Waals surface area contributed by atoms with Gasteiger partial charge in [-0.2, -0.15) is 0 Å². The van der Waals surface area contributed by atoms with E-state index in [1.807, 2.05) is 31.2 Å². The molecule has 1 heterocycles. The molecule has 0 saturated heterocycles. The number of ether oxygens (including phenoxy) is 1. The summed E-state index contributed by atoms with van der Waals surface area (Å²) in [6.07, 6.45) is 0. The Kier molecular flexibility index (Phi) is 3.22. The van der Waals surface area contributed by atoms with Crippen molar-refractivity contribution >= 4 is 16.3 Å². The molecule has 4 heteroatoms. The molecule has 0 spiro atoms. The molecule has 1 aromatic carbocycles. The van der Waals surface area contributed by atoms with E-state index in [4.69, 9.17) is 10.5 Å². The van der Waals surface area contributed by atoms with E-state index < -0.39 is 0 Å². The van der Waals surface area contributed by atoms with Crippen LogP contribution in [-0.2, 0) is 11.3 Å². The van der Waals surface area contributed by atoms with Crippen molar-refractivity contribution in [2.24, 2.45) is 0 Å². The standard InChI is InChI=1S/C12H14N2OS/c1-8-14-11(12(13)16-8)10-6-4-3-5-9(10)7-15-2/h3-6H,7,13H2,1-2H3. The number of nitrogens with two attached hydrogens (primary N) is 1. The minimum atomic E-state index is 0.576. The van der Waals surface area contributed by atoms with Gasteiger partial charge in [-0.1, -0.05) is 24.3 Å². The lowest BCUT2D eigenvalue weighted by atomic mass is 10.1. The molecule has 0 amide bonds. The Morgan fingerprint density at radius 3 is 2.75 bits per heavy atom. The average Bonchev–Trinajstić information content (AvgIpc) is 2.59. The van der Waals surface area contributed by atoms with Crippen LogP contribution in [0.4, 0.5) is 5.00 Å². The summed E-state index contributed by atoms with van der Waals surface area (Å²) in [6.45, 7) is 2.54. The van der Waals surface area contributed by atoms with Crippen molar-refractivity contribution in [3.05, 3.63) is 34.8 Å². The molecule has 0 aliphatic heterocycles. The zero-order chi connectivity index (χ0) is 11.5. The van der Waals surface area contributed by atoms with Crippen molar-refractivity contribution in [3.63, 3.8) is 0 Å². The Morgan fingerprint density at radius 1 is 1.38 bits per heavy atom. The number of hydrogen-bond donors (Lipinski definition) is 1. The van der Waals surface area contributed by atoms with E-state index in [9.17, 15) is 0 Å². The number of nitrogen functional groups attached to an aromatic ring is 1. The van der Waals surface area contributed by atoms with E-state index >= 15 is 0 Å². The molecule has 0 radical (unpaired) electrons. The van der Waals surface area contributed by atoms with Crippen LogP contribution >= 0.6 is 11.3 Å². The summed E-state index contributed by atoms with van der Waals surface area (Å²) in [7, 11) is 1.69. The van der Waals surface area contributed by atoms with Crippen LogP contribution in [0, 0.1) is 6.92 Å². The molecular formula is C12H14N2OS. The highest BCUT2D eigenvalue weighted by molar-refractivity contribution is 7.16. The van der Waals surface area contributed by atoms with Crippen molar-refractivity contribution in [3.8, 4) is 11.3 Å². The molecule has 1 aromatic heterocycles. The Hall–Kier alpha value is -1.39. The third kappa shape index (κ3) is 2.08. The molecule has 0 bridgehead atoms. The topological polar surface area (TPSA) is 48.1 Å². The number of anilines is 1. The van der Waals surface area contributed by atoms with Crippen LogP contribution in [0.2, 0.25) is 0 Å². The minimum Gasteiger partial charge on any atom is -0.389 e. The van der Waals surface area contributed by atoms with Crippen molar-refractivity contribution < 1.29 is 4.74 Å². The summed E-state index contributed by atoms with van der Waals surface area (Å²) in [6, 6.07) is 8.04. The molecule has 3 nitrogen and oxygen atoms in total. The van der Waals surface area contributed by atoms with Gasteiger partial charge in [0.25, 0.3) is 0 Å². The highest BCUT2D eigenvalue weighted by atomic mass is 32.1. The lowest BCUT2D eigenvalue weighted by Crippen LogP contribution is -1.94. The fourth-order valence-electron chi connectivity index (χ4n) is 1.67. The summed E-state index contributed by atoms with van der Waals surface area (Å²) in [5.74, 6) is 0. The second kappa shape index (κ2) is 4.63. The number of aryl methyl sites for hydroxylation is 1. The van der Waals surface area contributed by atoms with Gasteiger partial charge >= 0.3 is 0 Å². The van der Waals surface area contributed by atoms with Gasteiger partial charge in [0.2, 0.25) is 0 Å². The maximum absolute atomic E-state index is 5.95. The van der Waals surface area contributed by atoms with E-state index in [-0.39, 0.29) is 0 Å². The smallest absolute Gasteiger partial charge is 0.114 e.